The molecule has 1 unspecified atom stereocenters. The van der Waals surface area contributed by atoms with Crippen LogP contribution in [0, 0.1) is 0 Å². The van der Waals surface area contributed by atoms with Gasteiger partial charge in [0.1, 0.15) is 6.54 Å². The molecule has 0 aliphatic carbocycles. The van der Waals surface area contributed by atoms with Crippen LogP contribution in [0.25, 0.3) is 0 Å². The number of hydrogen-bond donors (Lipinski definition) is 2. The van der Waals surface area contributed by atoms with Crippen LogP contribution in [-0.2, 0) is 0 Å². The number of nitrogens with one attached hydrogen (secondary N) is 1. The van der Waals surface area contributed by atoms with E-state index in [2.05, 4.69) is 21.2 Å². The number of anilines is 1. The first kappa shape index (κ1) is 18.3. The first-order chi connectivity index (χ1) is 9.78. The monoisotopic (exact) mass is 368 g/mol. The number of hydrogen-bond acceptors (Lipinski definition) is 3. The second-order valence-corrected chi connectivity index (χ2v) is 5.60. The predicted octanol–water partition coefficient (Wildman–Crippen LogP) is 3.48. The second kappa shape index (κ2) is 8.00. The predicted molar refractivity (Wildman–Crippen MR) is 81.6 cm³/mol. The van der Waals surface area contributed by atoms with Crippen molar-refractivity contribution >= 4 is 21.6 Å². The number of nitrogens with zero attached hydrogens (tertiary/aromatic N) is 1. The van der Waals surface area contributed by atoms with Crippen molar-refractivity contribution in [2.24, 2.45) is 0 Å². The van der Waals surface area contributed by atoms with Crippen LogP contribution in [0.3, 0.4) is 0 Å². The van der Waals surface area contributed by atoms with Gasteiger partial charge in [0.2, 0.25) is 0 Å². The van der Waals surface area contributed by atoms with Crippen LogP contribution in [0.1, 0.15) is 25.5 Å². The minimum absolute atomic E-state index is 0.0692. The SMILES string of the molecule is CCNC(C)c1ccc(N(CCO)CC(F)(F)F)c(Br)c1. The first-order valence-corrected chi connectivity index (χ1v) is 7.53. The van der Waals surface area contributed by atoms with Crippen LogP contribution in [0.2, 0.25) is 0 Å². The van der Waals surface area contributed by atoms with E-state index < -0.39 is 12.7 Å². The zero-order chi connectivity index (χ0) is 16.0. The van der Waals surface area contributed by atoms with Gasteiger partial charge in [0.15, 0.2) is 0 Å². The van der Waals surface area contributed by atoms with E-state index in [1.807, 2.05) is 19.9 Å². The Labute approximate surface area is 131 Å². The maximum absolute atomic E-state index is 12.6. The van der Waals surface area contributed by atoms with Crippen LogP contribution < -0.4 is 10.2 Å². The molecule has 0 aliphatic heterocycles. The molecule has 0 aliphatic rings. The van der Waals surface area contributed by atoms with E-state index in [4.69, 9.17) is 5.11 Å². The lowest BCUT2D eigenvalue weighted by Gasteiger charge is -2.27. The van der Waals surface area contributed by atoms with Crippen molar-refractivity contribution in [1.82, 2.24) is 5.32 Å². The molecule has 0 heterocycles. The highest BCUT2D eigenvalue weighted by atomic mass is 79.9. The zero-order valence-electron chi connectivity index (χ0n) is 12.0. The molecule has 1 atom stereocenters. The number of halogens is 4. The molecule has 0 saturated heterocycles. The minimum atomic E-state index is -4.32. The highest BCUT2D eigenvalue weighted by Crippen LogP contribution is 2.31. The number of aliphatic hydroxyl groups is 1. The highest BCUT2D eigenvalue weighted by Gasteiger charge is 2.31. The van der Waals surface area contributed by atoms with Gasteiger partial charge in [-0.25, -0.2) is 0 Å². The van der Waals surface area contributed by atoms with Crippen molar-refractivity contribution in [2.75, 3.05) is 31.1 Å². The molecule has 1 aromatic rings. The molecule has 120 valence electrons. The summed E-state index contributed by atoms with van der Waals surface area (Å²) in [5.41, 5.74) is 1.41. The Bertz CT molecular complexity index is 454. The molecule has 21 heavy (non-hydrogen) atoms. The van der Waals surface area contributed by atoms with Gasteiger partial charge in [0, 0.05) is 17.1 Å². The van der Waals surface area contributed by atoms with Gasteiger partial charge in [-0.15, -0.1) is 0 Å². The summed E-state index contributed by atoms with van der Waals surface area (Å²) in [5, 5.41) is 12.2. The van der Waals surface area contributed by atoms with E-state index in [0.29, 0.717) is 10.2 Å². The van der Waals surface area contributed by atoms with E-state index in [-0.39, 0.29) is 19.2 Å². The normalized spacial score (nSPS) is 13.3. The molecule has 0 bridgehead atoms. The fourth-order valence-corrected chi connectivity index (χ4v) is 2.74. The molecule has 2 N–H and O–H groups in total. The standard InChI is InChI=1S/C14H20BrF3N2O/c1-3-19-10(2)11-4-5-13(12(15)8-11)20(6-7-21)9-14(16,17)18/h4-5,8,10,19,21H,3,6-7,9H2,1-2H3. The Hall–Kier alpha value is -0.790. The summed E-state index contributed by atoms with van der Waals surface area (Å²) in [6.45, 7) is 3.30. The maximum Gasteiger partial charge on any atom is 0.405 e. The summed E-state index contributed by atoms with van der Waals surface area (Å²) in [5.74, 6) is 0. The summed E-state index contributed by atoms with van der Waals surface area (Å²) in [7, 11) is 0. The van der Waals surface area contributed by atoms with E-state index in [1.54, 1.807) is 12.1 Å². The van der Waals surface area contributed by atoms with E-state index in [9.17, 15) is 13.2 Å². The average Bonchev–Trinajstić information content (AvgIpc) is 2.37. The fraction of sp³-hybridized carbons (Fsp3) is 0.571. The average molecular weight is 369 g/mol. The molecule has 0 amide bonds. The number of rotatable bonds is 7. The van der Waals surface area contributed by atoms with Crippen LogP contribution in [-0.4, -0.2) is 37.5 Å². The number of benzene rings is 1. The van der Waals surface area contributed by atoms with Crippen LogP contribution in [0.4, 0.5) is 18.9 Å². The molecular formula is C14H20BrF3N2O. The lowest BCUT2D eigenvalue weighted by molar-refractivity contribution is -0.119. The van der Waals surface area contributed by atoms with Gasteiger partial charge in [-0.3, -0.25) is 0 Å². The third-order valence-corrected chi connectivity index (χ3v) is 3.70. The minimum Gasteiger partial charge on any atom is -0.395 e. The van der Waals surface area contributed by atoms with E-state index in [0.717, 1.165) is 17.0 Å². The van der Waals surface area contributed by atoms with Crippen molar-refractivity contribution in [3.8, 4) is 0 Å². The van der Waals surface area contributed by atoms with Crippen LogP contribution in [0.5, 0.6) is 0 Å². The summed E-state index contributed by atoms with van der Waals surface area (Å²) >= 11 is 3.33. The van der Waals surface area contributed by atoms with Crippen LogP contribution >= 0.6 is 15.9 Å². The van der Waals surface area contributed by atoms with Crippen molar-refractivity contribution in [3.05, 3.63) is 28.2 Å². The Morgan fingerprint density at radius 1 is 1.38 bits per heavy atom. The van der Waals surface area contributed by atoms with Crippen LogP contribution in [0.15, 0.2) is 22.7 Å². The molecular weight excluding hydrogens is 349 g/mol. The quantitative estimate of drug-likeness (QED) is 0.773. The van der Waals surface area contributed by atoms with Gasteiger partial charge in [0.25, 0.3) is 0 Å². The highest BCUT2D eigenvalue weighted by molar-refractivity contribution is 9.10. The molecule has 0 spiro atoms. The first-order valence-electron chi connectivity index (χ1n) is 6.74. The lowest BCUT2D eigenvalue weighted by Crippen LogP contribution is -2.36. The van der Waals surface area contributed by atoms with E-state index >= 15 is 0 Å². The Balaban J connectivity index is 2.99. The second-order valence-electron chi connectivity index (χ2n) is 4.75. The van der Waals surface area contributed by atoms with Gasteiger partial charge < -0.3 is 15.3 Å². The number of alkyl halides is 3. The maximum atomic E-state index is 12.6. The van der Waals surface area contributed by atoms with Gasteiger partial charge in [-0.05, 0) is 47.1 Å². The molecule has 0 radical (unpaired) electrons. The molecule has 3 nitrogen and oxygen atoms in total. The van der Waals surface area contributed by atoms with E-state index in [1.165, 1.54) is 0 Å². The van der Waals surface area contributed by atoms with Gasteiger partial charge in [-0.2, -0.15) is 13.2 Å². The molecule has 1 rings (SSSR count). The Morgan fingerprint density at radius 3 is 2.52 bits per heavy atom. The summed E-state index contributed by atoms with van der Waals surface area (Å²) in [6.07, 6.45) is -4.32. The van der Waals surface area contributed by atoms with Gasteiger partial charge in [0.05, 0.1) is 12.3 Å². The Morgan fingerprint density at radius 2 is 2.05 bits per heavy atom. The summed E-state index contributed by atoms with van der Waals surface area (Å²) < 4.78 is 38.4. The summed E-state index contributed by atoms with van der Waals surface area (Å²) in [4.78, 5) is 1.12. The lowest BCUT2D eigenvalue weighted by atomic mass is 10.1. The third-order valence-electron chi connectivity index (χ3n) is 3.06. The third kappa shape index (κ3) is 5.84. The zero-order valence-corrected chi connectivity index (χ0v) is 13.6. The van der Waals surface area contributed by atoms with Crippen molar-refractivity contribution in [3.63, 3.8) is 0 Å². The van der Waals surface area contributed by atoms with Crippen molar-refractivity contribution in [1.29, 1.82) is 0 Å². The topological polar surface area (TPSA) is 35.5 Å². The number of aliphatic hydroxyl groups excluding tert-OH is 1. The molecule has 7 heteroatoms. The molecule has 0 aromatic heterocycles. The molecule has 1 aromatic carbocycles. The van der Waals surface area contributed by atoms with Crippen molar-refractivity contribution in [2.45, 2.75) is 26.1 Å². The van der Waals surface area contributed by atoms with Gasteiger partial charge >= 0.3 is 6.18 Å². The smallest absolute Gasteiger partial charge is 0.395 e. The van der Waals surface area contributed by atoms with Gasteiger partial charge in [-0.1, -0.05) is 13.0 Å². The molecule has 0 fully saturated rings. The van der Waals surface area contributed by atoms with Crippen molar-refractivity contribution < 1.29 is 18.3 Å². The fourth-order valence-electron chi connectivity index (χ4n) is 2.09. The largest absolute Gasteiger partial charge is 0.405 e. The summed E-state index contributed by atoms with van der Waals surface area (Å²) in [6, 6.07) is 5.38. The molecule has 0 saturated carbocycles. The Kier molecular flexibility index (Phi) is 6.96.